The highest BCUT2D eigenvalue weighted by atomic mass is 16.5. The van der Waals surface area contributed by atoms with Crippen LogP contribution in [0.3, 0.4) is 0 Å². The Morgan fingerprint density at radius 3 is 2.37 bits per heavy atom. The van der Waals surface area contributed by atoms with E-state index in [2.05, 4.69) is 31.4 Å². The molecule has 0 spiro atoms. The molecule has 0 aliphatic heterocycles. The summed E-state index contributed by atoms with van der Waals surface area (Å²) in [5.41, 5.74) is 4.56. The second-order valence-electron chi connectivity index (χ2n) is 12.6. The fourth-order valence-corrected chi connectivity index (χ4v) is 5.21. The van der Waals surface area contributed by atoms with Crippen LogP contribution < -0.4 is 30.4 Å². The smallest absolute Gasteiger partial charge is 0.320 e. The Kier molecular flexibility index (Phi) is 11.0. The van der Waals surface area contributed by atoms with Crippen molar-refractivity contribution in [3.05, 3.63) is 129 Å². The number of nitrogens with one attached hydrogen (secondary N) is 2. The molecule has 0 aliphatic rings. The second-order valence-corrected chi connectivity index (χ2v) is 12.6. The second kappa shape index (κ2) is 15.6. The normalized spacial score (nSPS) is 11.2. The molecule has 2 aromatic heterocycles. The third-order valence-electron chi connectivity index (χ3n) is 7.88. The van der Waals surface area contributed by atoms with Crippen molar-refractivity contribution in [1.82, 2.24) is 19.7 Å². The fourth-order valence-electron chi connectivity index (χ4n) is 5.21. The zero-order chi connectivity index (χ0) is 35.0. The third-order valence-corrected chi connectivity index (χ3v) is 7.88. The molecular formula is C38H43N5O6. The molecule has 5 rings (SSSR count). The first-order chi connectivity index (χ1) is 23.5. The number of methoxy groups -OCH3 is 1. The number of aryl methyl sites for hydroxylation is 1. The van der Waals surface area contributed by atoms with E-state index in [1.54, 1.807) is 28.5 Å². The Morgan fingerprint density at radius 2 is 1.63 bits per heavy atom. The minimum Gasteiger partial charge on any atom is -0.497 e. The predicted octanol–water partition coefficient (Wildman–Crippen LogP) is 5.97. The molecule has 3 aromatic carbocycles. The fraction of sp³-hybridized carbons (Fsp3) is 0.289. The Hall–Kier alpha value is -5.55. The van der Waals surface area contributed by atoms with Gasteiger partial charge >= 0.3 is 6.03 Å². The summed E-state index contributed by atoms with van der Waals surface area (Å²) in [6, 6.07) is 27.4. The quantitative estimate of drug-likeness (QED) is 0.141. The highest BCUT2D eigenvalue weighted by molar-refractivity contribution is 5.88. The number of anilines is 1. The molecule has 11 nitrogen and oxygen atoms in total. The molecule has 0 saturated carbocycles. The highest BCUT2D eigenvalue weighted by Gasteiger charge is 2.22. The van der Waals surface area contributed by atoms with Crippen molar-refractivity contribution in [3.8, 4) is 22.9 Å². The maximum Gasteiger partial charge on any atom is 0.320 e. The first-order valence-corrected chi connectivity index (χ1v) is 16.1. The van der Waals surface area contributed by atoms with Crippen LogP contribution in [-0.2, 0) is 25.1 Å². The molecule has 0 fully saturated rings. The van der Waals surface area contributed by atoms with Gasteiger partial charge in [-0.15, -0.1) is 0 Å². The van der Waals surface area contributed by atoms with E-state index in [1.807, 2.05) is 79.7 Å². The lowest BCUT2D eigenvalue weighted by Gasteiger charge is -2.15. The van der Waals surface area contributed by atoms with Gasteiger partial charge in [-0.3, -0.25) is 10.1 Å². The average molecular weight is 666 g/mol. The van der Waals surface area contributed by atoms with E-state index in [-0.39, 0.29) is 37.3 Å². The van der Waals surface area contributed by atoms with Crippen molar-refractivity contribution in [1.29, 1.82) is 0 Å². The third kappa shape index (κ3) is 9.08. The van der Waals surface area contributed by atoms with Crippen molar-refractivity contribution >= 4 is 11.8 Å². The number of benzene rings is 3. The molecule has 256 valence electrons. The van der Waals surface area contributed by atoms with Gasteiger partial charge in [-0.2, -0.15) is 5.10 Å². The molecule has 0 saturated heterocycles. The maximum absolute atomic E-state index is 13.2. The van der Waals surface area contributed by atoms with E-state index in [1.165, 1.54) is 6.07 Å². The molecular weight excluding hydrogens is 622 g/mol. The summed E-state index contributed by atoms with van der Waals surface area (Å²) in [6.45, 7) is 9.00. The topological polar surface area (TPSA) is 129 Å². The molecule has 11 heteroatoms. The van der Waals surface area contributed by atoms with Crippen LogP contribution >= 0.6 is 0 Å². The summed E-state index contributed by atoms with van der Waals surface area (Å²) in [5, 5.41) is 19.8. The predicted molar refractivity (Wildman–Crippen MR) is 189 cm³/mol. The van der Waals surface area contributed by atoms with Crippen molar-refractivity contribution in [2.45, 2.75) is 52.8 Å². The number of rotatable bonds is 13. The molecule has 3 N–H and O–H groups in total. The number of hydrogen-bond acceptors (Lipinski definition) is 7. The number of ether oxygens (including phenoxy) is 3. The van der Waals surface area contributed by atoms with Crippen molar-refractivity contribution in [2.24, 2.45) is 0 Å². The van der Waals surface area contributed by atoms with Crippen LogP contribution in [0.15, 0.2) is 95.8 Å². The number of carbonyl (C=O) groups is 1. The Bertz CT molecular complexity index is 1960. The zero-order valence-corrected chi connectivity index (χ0v) is 28.5. The van der Waals surface area contributed by atoms with E-state index in [0.29, 0.717) is 29.5 Å². The monoisotopic (exact) mass is 665 g/mol. The van der Waals surface area contributed by atoms with Crippen LogP contribution in [0.5, 0.6) is 17.2 Å². The summed E-state index contributed by atoms with van der Waals surface area (Å²) in [4.78, 5) is 26.2. The van der Waals surface area contributed by atoms with Crippen LogP contribution in [-0.4, -0.2) is 45.8 Å². The Labute approximate surface area is 286 Å². The van der Waals surface area contributed by atoms with Gasteiger partial charge in [0.25, 0.3) is 5.56 Å². The van der Waals surface area contributed by atoms with Crippen LogP contribution in [0.4, 0.5) is 10.6 Å². The number of aliphatic hydroxyl groups is 1. The summed E-state index contributed by atoms with van der Waals surface area (Å²) in [6.07, 6.45) is 0. The number of pyridine rings is 1. The van der Waals surface area contributed by atoms with Crippen molar-refractivity contribution in [3.63, 3.8) is 0 Å². The average Bonchev–Trinajstić information content (AvgIpc) is 3.52. The van der Waals surface area contributed by atoms with Gasteiger partial charge in [0.1, 0.15) is 36.3 Å². The summed E-state index contributed by atoms with van der Waals surface area (Å²) >= 11 is 0. The first-order valence-electron chi connectivity index (χ1n) is 16.1. The van der Waals surface area contributed by atoms with E-state index in [4.69, 9.17) is 24.4 Å². The van der Waals surface area contributed by atoms with E-state index in [9.17, 15) is 9.59 Å². The largest absolute Gasteiger partial charge is 0.497 e. The highest BCUT2D eigenvalue weighted by Crippen LogP contribution is 2.28. The molecule has 0 bridgehead atoms. The van der Waals surface area contributed by atoms with Gasteiger partial charge in [0.15, 0.2) is 0 Å². The van der Waals surface area contributed by atoms with Gasteiger partial charge in [-0.05, 0) is 53.9 Å². The molecule has 5 aromatic rings. The molecule has 2 amide bonds. The van der Waals surface area contributed by atoms with Gasteiger partial charge in [0.05, 0.1) is 31.6 Å². The van der Waals surface area contributed by atoms with Crippen LogP contribution in [0.25, 0.3) is 5.69 Å². The lowest BCUT2D eigenvalue weighted by Crippen LogP contribution is -2.29. The van der Waals surface area contributed by atoms with Crippen LogP contribution in [0, 0.1) is 6.92 Å². The molecule has 49 heavy (non-hydrogen) atoms. The standard InChI is InChI=1S/C38H43N5O6/c1-26-18-33(21-36(45)42(26)24-27-10-8-14-31(19-27)47-5)49-25-29-12-7-6-11-28(29)23-39-37(46)40-35-22-34(38(2,3)4)41-43(35)30-13-9-15-32(20-30)48-17-16-44/h6-15,18-22,44H,16-17,23-25H2,1-5H3,(H2,39,40,46). The lowest BCUT2D eigenvalue weighted by molar-refractivity contribution is 0.201. The van der Waals surface area contributed by atoms with E-state index >= 15 is 0 Å². The van der Waals surface area contributed by atoms with Crippen molar-refractivity contribution < 1.29 is 24.1 Å². The zero-order valence-electron chi connectivity index (χ0n) is 28.5. The number of urea groups is 1. The summed E-state index contributed by atoms with van der Waals surface area (Å²) < 4.78 is 20.3. The van der Waals surface area contributed by atoms with E-state index < -0.39 is 6.03 Å². The molecule has 0 radical (unpaired) electrons. The first kappa shape index (κ1) is 34.8. The Balaban J connectivity index is 1.25. The summed E-state index contributed by atoms with van der Waals surface area (Å²) in [7, 11) is 1.62. The van der Waals surface area contributed by atoms with Gasteiger partial charge in [-0.1, -0.05) is 63.2 Å². The van der Waals surface area contributed by atoms with Crippen molar-refractivity contribution in [2.75, 3.05) is 25.6 Å². The Morgan fingerprint density at radius 1 is 0.878 bits per heavy atom. The van der Waals surface area contributed by atoms with Gasteiger partial charge in [-0.25, -0.2) is 9.48 Å². The van der Waals surface area contributed by atoms with E-state index in [0.717, 1.165) is 33.8 Å². The van der Waals surface area contributed by atoms with Gasteiger partial charge < -0.3 is 29.2 Å². The number of aliphatic hydroxyl groups excluding tert-OH is 1. The number of amides is 2. The summed E-state index contributed by atoms with van der Waals surface area (Å²) in [5.74, 6) is 2.29. The number of carbonyl (C=O) groups excluding carboxylic acids is 1. The number of aromatic nitrogens is 3. The SMILES string of the molecule is COc1cccc(Cn2c(C)cc(OCc3ccccc3CNC(=O)Nc3cc(C(C)(C)C)nn3-c3cccc(OCCO)c3)cc2=O)c1. The number of nitrogens with zero attached hydrogens (tertiary/aromatic N) is 3. The van der Waals surface area contributed by atoms with Crippen LogP contribution in [0.2, 0.25) is 0 Å². The number of hydrogen-bond donors (Lipinski definition) is 3. The molecule has 0 unspecified atom stereocenters. The minimum absolute atomic E-state index is 0.0960. The maximum atomic E-state index is 13.2. The lowest BCUT2D eigenvalue weighted by atomic mass is 9.92. The molecule has 2 heterocycles. The van der Waals surface area contributed by atoms with Crippen LogP contribution in [0.1, 0.15) is 48.8 Å². The molecule has 0 aliphatic carbocycles. The van der Waals surface area contributed by atoms with Gasteiger partial charge in [0, 0.05) is 35.9 Å². The van der Waals surface area contributed by atoms with Gasteiger partial charge in [0.2, 0.25) is 0 Å². The molecule has 0 atom stereocenters. The minimum atomic E-state index is -0.403.